The molecule has 5 nitrogen and oxygen atoms in total. The second-order valence-corrected chi connectivity index (χ2v) is 4.54. The minimum Gasteiger partial charge on any atom is -0.313 e. The Labute approximate surface area is 116 Å². The van der Waals surface area contributed by atoms with Crippen LogP contribution in [0.15, 0.2) is 40.1 Å². The van der Waals surface area contributed by atoms with Crippen LogP contribution in [0.2, 0.25) is 5.02 Å². The summed E-state index contributed by atoms with van der Waals surface area (Å²) in [5.74, 6) is -0.557. The summed E-state index contributed by atoms with van der Waals surface area (Å²) in [6.45, 7) is 0. The highest BCUT2D eigenvalue weighted by atomic mass is 79.9. The maximum atomic E-state index is 11.6. The van der Waals surface area contributed by atoms with E-state index >= 15 is 0 Å². The molecule has 18 heavy (non-hydrogen) atoms. The minimum atomic E-state index is -0.557. The van der Waals surface area contributed by atoms with Crippen molar-refractivity contribution in [1.82, 2.24) is 10.2 Å². The van der Waals surface area contributed by atoms with Gasteiger partial charge in [-0.15, -0.1) is 0 Å². The number of carbonyl (C=O) groups is 1. The van der Waals surface area contributed by atoms with E-state index in [2.05, 4.69) is 31.3 Å². The third-order valence-electron chi connectivity index (χ3n) is 2.02. The molecule has 7 heteroatoms. The number of oxime groups is 1. The molecular weight excluding hydrogens is 321 g/mol. The van der Waals surface area contributed by atoms with Crippen molar-refractivity contribution >= 4 is 39.7 Å². The first-order valence-electron chi connectivity index (χ1n) is 4.86. The van der Waals surface area contributed by atoms with Gasteiger partial charge in [0.15, 0.2) is 0 Å². The van der Waals surface area contributed by atoms with E-state index in [1.165, 1.54) is 6.21 Å². The summed E-state index contributed by atoms with van der Waals surface area (Å²) in [5.41, 5.74) is 0.985. The maximum absolute atomic E-state index is 11.6. The van der Waals surface area contributed by atoms with E-state index in [4.69, 9.17) is 16.4 Å². The molecule has 0 aliphatic heterocycles. The van der Waals surface area contributed by atoms with E-state index in [-0.39, 0.29) is 0 Å². The Bertz CT molecular complexity index is 580. The van der Waals surface area contributed by atoms with E-state index in [1.54, 1.807) is 30.5 Å². The van der Waals surface area contributed by atoms with E-state index in [9.17, 15) is 4.79 Å². The molecule has 0 radical (unpaired) electrons. The van der Waals surface area contributed by atoms with Crippen molar-refractivity contribution < 1.29 is 9.63 Å². The summed E-state index contributed by atoms with van der Waals surface area (Å²) in [5, 5.41) is 10.6. The molecule has 1 heterocycles. The fourth-order valence-corrected chi connectivity index (χ4v) is 1.56. The fourth-order valence-electron chi connectivity index (χ4n) is 1.14. The van der Waals surface area contributed by atoms with Gasteiger partial charge in [0, 0.05) is 5.02 Å². The molecule has 0 atom stereocenters. The Balaban J connectivity index is 1.98. The van der Waals surface area contributed by atoms with Gasteiger partial charge in [0.05, 0.1) is 28.1 Å². The number of rotatable bonds is 3. The summed E-state index contributed by atoms with van der Waals surface area (Å²) in [4.78, 5) is 16.3. The highest BCUT2D eigenvalue weighted by Crippen LogP contribution is 2.11. The van der Waals surface area contributed by atoms with Gasteiger partial charge in [-0.25, -0.2) is 4.79 Å². The number of nitrogens with zero attached hydrogens (tertiary/aromatic N) is 2. The molecular formula is C11H7BrClN3O2. The van der Waals surface area contributed by atoms with Crippen LogP contribution in [0.3, 0.4) is 0 Å². The molecule has 0 spiro atoms. The van der Waals surface area contributed by atoms with Gasteiger partial charge in [-0.2, -0.15) is 5.10 Å². The number of hydrogen-bond acceptors (Lipinski definition) is 4. The number of halogens is 2. The average molecular weight is 329 g/mol. The van der Waals surface area contributed by atoms with Crippen LogP contribution < -0.4 is 0 Å². The Morgan fingerprint density at radius 3 is 2.78 bits per heavy atom. The number of carbonyl (C=O) groups excluding carboxylic acids is 1. The lowest BCUT2D eigenvalue weighted by atomic mass is 10.2. The maximum Gasteiger partial charge on any atom is 0.365 e. The lowest BCUT2D eigenvalue weighted by molar-refractivity contribution is 0.0519. The summed E-state index contributed by atoms with van der Waals surface area (Å²) in [6.07, 6.45) is 2.92. The van der Waals surface area contributed by atoms with Crippen LogP contribution in [0.1, 0.15) is 16.1 Å². The molecule has 0 unspecified atom stereocenters. The molecule has 0 fully saturated rings. The number of nitrogens with one attached hydrogen (secondary N) is 1. The zero-order chi connectivity index (χ0) is 13.0. The minimum absolute atomic E-state index is 0.375. The van der Waals surface area contributed by atoms with Crippen LogP contribution in [-0.4, -0.2) is 22.4 Å². The van der Waals surface area contributed by atoms with Crippen LogP contribution in [0.25, 0.3) is 0 Å². The topological polar surface area (TPSA) is 67.3 Å². The lowest BCUT2D eigenvalue weighted by Gasteiger charge is -1.97. The van der Waals surface area contributed by atoms with Gasteiger partial charge in [-0.1, -0.05) is 16.8 Å². The van der Waals surface area contributed by atoms with Crippen molar-refractivity contribution in [2.45, 2.75) is 0 Å². The van der Waals surface area contributed by atoms with Gasteiger partial charge in [0.2, 0.25) is 0 Å². The van der Waals surface area contributed by atoms with Crippen LogP contribution in [-0.2, 0) is 4.84 Å². The standard InChI is InChI=1S/C11H7BrClN3O2/c12-9-5-14-16-10(9)6-15-18-11(17)7-1-3-8(13)4-2-7/h1-6H,(H,14,16). The molecule has 2 aromatic rings. The number of H-pyrrole nitrogens is 1. The number of aromatic amines is 1. The van der Waals surface area contributed by atoms with Crippen molar-refractivity contribution in [2.75, 3.05) is 0 Å². The smallest absolute Gasteiger partial charge is 0.313 e. The summed E-state index contributed by atoms with van der Waals surface area (Å²) < 4.78 is 0.730. The van der Waals surface area contributed by atoms with Crippen molar-refractivity contribution in [2.24, 2.45) is 5.16 Å². The second kappa shape index (κ2) is 5.79. The van der Waals surface area contributed by atoms with Crippen molar-refractivity contribution in [3.05, 3.63) is 51.2 Å². The predicted octanol–water partition coefficient (Wildman–Crippen LogP) is 3.02. The van der Waals surface area contributed by atoms with Crippen LogP contribution in [0.5, 0.6) is 0 Å². The van der Waals surface area contributed by atoms with Gasteiger partial charge in [0.1, 0.15) is 0 Å². The first kappa shape index (κ1) is 12.8. The SMILES string of the molecule is O=C(ON=Cc1[nH]ncc1Br)c1ccc(Cl)cc1. The zero-order valence-electron chi connectivity index (χ0n) is 8.93. The quantitative estimate of drug-likeness (QED) is 0.535. The molecule has 1 aromatic heterocycles. The Kier molecular flexibility index (Phi) is 4.11. The second-order valence-electron chi connectivity index (χ2n) is 3.25. The normalized spacial score (nSPS) is 10.8. The van der Waals surface area contributed by atoms with Crippen molar-refractivity contribution in [3.8, 4) is 0 Å². The van der Waals surface area contributed by atoms with E-state index in [0.29, 0.717) is 16.3 Å². The monoisotopic (exact) mass is 327 g/mol. The lowest BCUT2D eigenvalue weighted by Crippen LogP contribution is -2.00. The Morgan fingerprint density at radius 1 is 1.44 bits per heavy atom. The summed E-state index contributed by atoms with van der Waals surface area (Å²) in [7, 11) is 0. The van der Waals surface area contributed by atoms with Gasteiger partial charge in [-0.05, 0) is 40.2 Å². The molecule has 0 amide bonds. The molecule has 0 aliphatic carbocycles. The van der Waals surface area contributed by atoms with E-state index in [0.717, 1.165) is 4.47 Å². The van der Waals surface area contributed by atoms with Gasteiger partial charge >= 0.3 is 5.97 Å². The average Bonchev–Trinajstić information content (AvgIpc) is 2.76. The molecule has 2 rings (SSSR count). The number of hydrogen-bond donors (Lipinski definition) is 1. The molecule has 0 aliphatic rings. The molecule has 0 saturated carbocycles. The molecule has 0 bridgehead atoms. The predicted molar refractivity (Wildman–Crippen MR) is 70.7 cm³/mol. The zero-order valence-corrected chi connectivity index (χ0v) is 11.3. The third-order valence-corrected chi connectivity index (χ3v) is 2.90. The highest BCUT2D eigenvalue weighted by molar-refractivity contribution is 9.10. The molecule has 0 saturated heterocycles. The molecule has 92 valence electrons. The van der Waals surface area contributed by atoms with Gasteiger partial charge in [-0.3, -0.25) is 5.10 Å². The van der Waals surface area contributed by atoms with Crippen molar-refractivity contribution in [1.29, 1.82) is 0 Å². The van der Waals surface area contributed by atoms with Crippen LogP contribution >= 0.6 is 27.5 Å². The number of aromatic nitrogens is 2. The Morgan fingerprint density at radius 2 is 2.17 bits per heavy atom. The first-order valence-corrected chi connectivity index (χ1v) is 6.03. The molecule has 1 aromatic carbocycles. The van der Waals surface area contributed by atoms with Crippen LogP contribution in [0.4, 0.5) is 0 Å². The molecule has 1 N–H and O–H groups in total. The van der Waals surface area contributed by atoms with E-state index in [1.807, 2.05) is 0 Å². The first-order chi connectivity index (χ1) is 8.66. The van der Waals surface area contributed by atoms with E-state index < -0.39 is 5.97 Å². The number of benzene rings is 1. The largest absolute Gasteiger partial charge is 0.365 e. The van der Waals surface area contributed by atoms with Crippen LogP contribution in [0, 0.1) is 0 Å². The Hall–Kier alpha value is -1.66. The fraction of sp³-hybridized carbons (Fsp3) is 0. The van der Waals surface area contributed by atoms with Gasteiger partial charge < -0.3 is 4.84 Å². The highest BCUT2D eigenvalue weighted by Gasteiger charge is 2.06. The van der Waals surface area contributed by atoms with Crippen molar-refractivity contribution in [3.63, 3.8) is 0 Å². The third kappa shape index (κ3) is 3.18. The van der Waals surface area contributed by atoms with Gasteiger partial charge in [0.25, 0.3) is 0 Å². The summed E-state index contributed by atoms with van der Waals surface area (Å²) >= 11 is 8.95. The summed E-state index contributed by atoms with van der Waals surface area (Å²) in [6, 6.07) is 6.33.